The third-order valence-corrected chi connectivity index (χ3v) is 3.75. The summed E-state index contributed by atoms with van der Waals surface area (Å²) in [5, 5.41) is 1.68. The van der Waals surface area contributed by atoms with Crippen molar-refractivity contribution in [2.24, 2.45) is 0 Å². The Kier molecular flexibility index (Phi) is 4.09. The SMILES string of the molecule is CC(C)(Cc1nc(N)nc2ccccc12)Oc1ccc(Cl)cc1. The highest BCUT2D eigenvalue weighted by Crippen LogP contribution is 2.26. The summed E-state index contributed by atoms with van der Waals surface area (Å²) >= 11 is 5.91. The number of nitrogen functional groups attached to an aromatic ring is 1. The molecule has 0 atom stereocenters. The minimum absolute atomic E-state index is 0.279. The van der Waals surface area contributed by atoms with Gasteiger partial charge in [0, 0.05) is 16.8 Å². The zero-order valence-electron chi connectivity index (χ0n) is 13.1. The number of anilines is 1. The molecule has 3 rings (SSSR count). The van der Waals surface area contributed by atoms with Gasteiger partial charge >= 0.3 is 0 Å². The molecule has 23 heavy (non-hydrogen) atoms. The lowest BCUT2D eigenvalue weighted by Crippen LogP contribution is -2.31. The molecule has 0 fully saturated rings. The molecule has 0 amide bonds. The molecule has 4 nitrogen and oxygen atoms in total. The third kappa shape index (κ3) is 3.71. The van der Waals surface area contributed by atoms with E-state index in [1.54, 1.807) is 0 Å². The number of nitrogens with two attached hydrogens (primary N) is 1. The van der Waals surface area contributed by atoms with Crippen molar-refractivity contribution in [2.45, 2.75) is 25.9 Å². The van der Waals surface area contributed by atoms with Crippen LogP contribution in [-0.4, -0.2) is 15.6 Å². The number of nitrogens with zero attached hydrogens (tertiary/aromatic N) is 2. The van der Waals surface area contributed by atoms with Crippen LogP contribution in [0.1, 0.15) is 19.5 Å². The van der Waals surface area contributed by atoms with Crippen LogP contribution in [0.15, 0.2) is 48.5 Å². The van der Waals surface area contributed by atoms with E-state index in [1.807, 2.05) is 62.4 Å². The van der Waals surface area contributed by atoms with Crippen LogP contribution in [0.2, 0.25) is 5.02 Å². The molecule has 0 spiro atoms. The van der Waals surface area contributed by atoms with E-state index in [0.717, 1.165) is 22.3 Å². The predicted octanol–water partition coefficient (Wildman–Crippen LogP) is 4.27. The van der Waals surface area contributed by atoms with Crippen molar-refractivity contribution in [1.29, 1.82) is 0 Å². The largest absolute Gasteiger partial charge is 0.487 e. The maximum atomic E-state index is 6.09. The lowest BCUT2D eigenvalue weighted by molar-refractivity contribution is 0.109. The van der Waals surface area contributed by atoms with Crippen LogP contribution in [0.25, 0.3) is 10.9 Å². The summed E-state index contributed by atoms with van der Waals surface area (Å²) in [5.41, 5.74) is 7.11. The van der Waals surface area contributed by atoms with Crippen molar-refractivity contribution in [3.05, 3.63) is 59.2 Å². The maximum Gasteiger partial charge on any atom is 0.220 e. The molecule has 0 saturated carbocycles. The number of ether oxygens (including phenoxy) is 1. The first-order chi connectivity index (χ1) is 10.9. The quantitative estimate of drug-likeness (QED) is 0.777. The van der Waals surface area contributed by atoms with Gasteiger partial charge in [0.25, 0.3) is 0 Å². The molecule has 0 bridgehead atoms. The summed E-state index contributed by atoms with van der Waals surface area (Å²) in [7, 11) is 0. The molecule has 1 heterocycles. The molecule has 0 saturated heterocycles. The van der Waals surface area contributed by atoms with Crippen LogP contribution < -0.4 is 10.5 Å². The Bertz CT molecular complexity index is 831. The second-order valence-corrected chi connectivity index (χ2v) is 6.47. The predicted molar refractivity (Wildman–Crippen MR) is 93.8 cm³/mol. The Morgan fingerprint density at radius 3 is 2.48 bits per heavy atom. The zero-order valence-corrected chi connectivity index (χ0v) is 13.8. The lowest BCUT2D eigenvalue weighted by atomic mass is 9.99. The first-order valence-corrected chi connectivity index (χ1v) is 7.76. The summed E-state index contributed by atoms with van der Waals surface area (Å²) in [5.74, 6) is 1.05. The Labute approximate surface area is 140 Å². The number of fused-ring (bicyclic) bond motifs is 1. The average Bonchev–Trinajstić information content (AvgIpc) is 2.49. The van der Waals surface area contributed by atoms with E-state index in [0.29, 0.717) is 11.4 Å². The van der Waals surface area contributed by atoms with Gasteiger partial charge in [-0.1, -0.05) is 29.8 Å². The van der Waals surface area contributed by atoms with E-state index < -0.39 is 5.60 Å². The number of aromatic nitrogens is 2. The first kappa shape index (κ1) is 15.6. The zero-order chi connectivity index (χ0) is 16.4. The van der Waals surface area contributed by atoms with Gasteiger partial charge in [0.2, 0.25) is 5.95 Å². The van der Waals surface area contributed by atoms with E-state index in [1.165, 1.54) is 0 Å². The van der Waals surface area contributed by atoms with E-state index in [4.69, 9.17) is 22.1 Å². The van der Waals surface area contributed by atoms with Gasteiger partial charge in [-0.3, -0.25) is 0 Å². The van der Waals surface area contributed by atoms with Crippen LogP contribution in [0.5, 0.6) is 5.75 Å². The van der Waals surface area contributed by atoms with Gasteiger partial charge in [-0.05, 0) is 44.2 Å². The van der Waals surface area contributed by atoms with Crippen molar-refractivity contribution in [1.82, 2.24) is 9.97 Å². The van der Waals surface area contributed by atoms with E-state index in [9.17, 15) is 0 Å². The van der Waals surface area contributed by atoms with Crippen molar-refractivity contribution in [3.8, 4) is 5.75 Å². The van der Waals surface area contributed by atoms with Gasteiger partial charge in [-0.15, -0.1) is 0 Å². The van der Waals surface area contributed by atoms with Gasteiger partial charge in [-0.25, -0.2) is 9.97 Å². The second-order valence-electron chi connectivity index (χ2n) is 6.04. The minimum Gasteiger partial charge on any atom is -0.487 e. The highest BCUT2D eigenvalue weighted by molar-refractivity contribution is 6.30. The molecule has 0 unspecified atom stereocenters. The number of hydrogen-bond donors (Lipinski definition) is 1. The molecule has 1 aromatic heterocycles. The van der Waals surface area contributed by atoms with Crippen molar-refractivity contribution in [3.63, 3.8) is 0 Å². The Morgan fingerprint density at radius 1 is 1.04 bits per heavy atom. The normalized spacial score (nSPS) is 11.6. The average molecular weight is 328 g/mol. The molecule has 0 radical (unpaired) electrons. The summed E-state index contributed by atoms with van der Waals surface area (Å²) < 4.78 is 6.09. The monoisotopic (exact) mass is 327 g/mol. The van der Waals surface area contributed by atoms with Crippen LogP contribution in [0.3, 0.4) is 0 Å². The topological polar surface area (TPSA) is 61.0 Å². The Hall–Kier alpha value is -2.33. The highest BCUT2D eigenvalue weighted by Gasteiger charge is 2.23. The lowest BCUT2D eigenvalue weighted by Gasteiger charge is -2.26. The summed E-state index contributed by atoms with van der Waals surface area (Å²) in [6, 6.07) is 15.2. The Balaban J connectivity index is 1.89. The summed E-state index contributed by atoms with van der Waals surface area (Å²) in [6.45, 7) is 4.04. The molecule has 0 aliphatic carbocycles. The van der Waals surface area contributed by atoms with Gasteiger partial charge < -0.3 is 10.5 Å². The van der Waals surface area contributed by atoms with Gasteiger partial charge in [0.05, 0.1) is 11.2 Å². The standard InChI is InChI=1S/C18H18ClN3O/c1-18(2,23-13-9-7-12(19)8-10-13)11-16-14-5-3-4-6-15(14)21-17(20)22-16/h3-10H,11H2,1-2H3,(H2,20,21,22). The number of para-hydroxylation sites is 1. The molecule has 2 aromatic carbocycles. The van der Waals surface area contributed by atoms with Crippen LogP contribution in [-0.2, 0) is 6.42 Å². The minimum atomic E-state index is -0.447. The molecular formula is C18H18ClN3O. The fourth-order valence-corrected chi connectivity index (χ4v) is 2.68. The molecule has 0 aliphatic heterocycles. The van der Waals surface area contributed by atoms with Crippen LogP contribution >= 0.6 is 11.6 Å². The van der Waals surface area contributed by atoms with Crippen molar-refractivity contribution in [2.75, 3.05) is 5.73 Å². The fraction of sp³-hybridized carbons (Fsp3) is 0.222. The number of hydrogen-bond acceptors (Lipinski definition) is 4. The van der Waals surface area contributed by atoms with Crippen LogP contribution in [0.4, 0.5) is 5.95 Å². The smallest absolute Gasteiger partial charge is 0.220 e. The van der Waals surface area contributed by atoms with E-state index >= 15 is 0 Å². The Morgan fingerprint density at radius 2 is 1.74 bits per heavy atom. The second kappa shape index (κ2) is 6.05. The van der Waals surface area contributed by atoms with Gasteiger partial charge in [-0.2, -0.15) is 0 Å². The summed E-state index contributed by atoms with van der Waals surface area (Å²) in [6.07, 6.45) is 0.614. The van der Waals surface area contributed by atoms with Gasteiger partial charge in [0.1, 0.15) is 11.4 Å². The highest BCUT2D eigenvalue weighted by atomic mass is 35.5. The van der Waals surface area contributed by atoms with Crippen LogP contribution in [0, 0.1) is 0 Å². The molecule has 5 heteroatoms. The molecular weight excluding hydrogens is 310 g/mol. The number of rotatable bonds is 4. The molecule has 2 N–H and O–H groups in total. The third-order valence-electron chi connectivity index (χ3n) is 3.50. The number of benzene rings is 2. The van der Waals surface area contributed by atoms with E-state index in [-0.39, 0.29) is 5.95 Å². The summed E-state index contributed by atoms with van der Waals surface area (Å²) in [4.78, 5) is 8.68. The molecule has 0 aliphatic rings. The van der Waals surface area contributed by atoms with Crippen molar-refractivity contribution >= 4 is 28.5 Å². The number of halogens is 1. The molecule has 3 aromatic rings. The molecule has 118 valence electrons. The van der Waals surface area contributed by atoms with E-state index in [2.05, 4.69) is 9.97 Å². The van der Waals surface area contributed by atoms with Crippen molar-refractivity contribution < 1.29 is 4.74 Å². The van der Waals surface area contributed by atoms with Gasteiger partial charge in [0.15, 0.2) is 0 Å². The first-order valence-electron chi connectivity index (χ1n) is 7.39. The maximum absolute atomic E-state index is 6.09. The fourth-order valence-electron chi connectivity index (χ4n) is 2.56.